The van der Waals surface area contributed by atoms with Gasteiger partial charge in [-0.1, -0.05) is 134 Å². The van der Waals surface area contributed by atoms with Crippen molar-refractivity contribution in [3.8, 4) is 0 Å². The van der Waals surface area contributed by atoms with Crippen LogP contribution in [0.15, 0.2) is 36.5 Å². The van der Waals surface area contributed by atoms with Gasteiger partial charge >= 0.3 is 7.82 Å². The Kier molecular flexibility index (Phi) is 30.4. The Morgan fingerprint density at radius 3 is 1.82 bits per heavy atom. The van der Waals surface area contributed by atoms with Crippen molar-refractivity contribution in [2.45, 2.75) is 161 Å². The van der Waals surface area contributed by atoms with Gasteiger partial charge in [0.15, 0.2) is 0 Å². The maximum absolute atomic E-state index is 12.7. The van der Waals surface area contributed by atoms with Gasteiger partial charge in [-0.05, 0) is 38.5 Å². The second kappa shape index (κ2) is 31.3. The molecule has 0 aliphatic heterocycles. The van der Waals surface area contributed by atoms with Crippen LogP contribution in [0.1, 0.15) is 142 Å². The number of hydrogen-bond acceptors (Lipinski definition) is 7. The van der Waals surface area contributed by atoms with E-state index in [0.29, 0.717) is 12.8 Å². The molecule has 0 fully saturated rings. The van der Waals surface area contributed by atoms with Gasteiger partial charge < -0.3 is 26.2 Å². The Morgan fingerprint density at radius 2 is 1.27 bits per heavy atom. The molecule has 45 heavy (non-hydrogen) atoms. The molecule has 0 aromatic carbocycles. The van der Waals surface area contributed by atoms with Gasteiger partial charge in [0.2, 0.25) is 5.91 Å². The molecule has 0 aromatic rings. The van der Waals surface area contributed by atoms with Crippen LogP contribution in [0.2, 0.25) is 0 Å². The van der Waals surface area contributed by atoms with Gasteiger partial charge in [-0.2, -0.15) is 0 Å². The number of nitrogens with two attached hydrogens (primary N) is 1. The second-order valence-electron chi connectivity index (χ2n) is 11.9. The number of amides is 1. The summed E-state index contributed by atoms with van der Waals surface area (Å²) in [5.74, 6) is -0.464. The van der Waals surface area contributed by atoms with Crippen molar-refractivity contribution in [1.82, 2.24) is 5.32 Å². The van der Waals surface area contributed by atoms with Crippen LogP contribution in [0.3, 0.4) is 0 Å². The van der Waals surface area contributed by atoms with Crippen molar-refractivity contribution >= 4 is 13.7 Å². The van der Waals surface area contributed by atoms with Crippen molar-refractivity contribution in [3.63, 3.8) is 0 Å². The zero-order valence-electron chi connectivity index (χ0n) is 28.5. The minimum atomic E-state index is -4.40. The summed E-state index contributed by atoms with van der Waals surface area (Å²) < 4.78 is 21.9. The summed E-state index contributed by atoms with van der Waals surface area (Å²) in [6.45, 7) is 3.85. The monoisotopic (exact) mass is 658 g/mol. The number of aliphatic hydroxyl groups is 2. The molecule has 0 saturated carbocycles. The Morgan fingerprint density at radius 1 is 0.756 bits per heavy atom. The van der Waals surface area contributed by atoms with Crippen LogP contribution in [0.5, 0.6) is 0 Å². The molecule has 6 N–H and O–H groups in total. The highest BCUT2D eigenvalue weighted by molar-refractivity contribution is 7.47. The molecule has 4 atom stereocenters. The molecule has 0 aliphatic carbocycles. The summed E-state index contributed by atoms with van der Waals surface area (Å²) in [6, 6.07) is -1.00. The Bertz CT molecular complexity index is 822. The summed E-state index contributed by atoms with van der Waals surface area (Å²) in [4.78, 5) is 22.6. The molecule has 0 heterocycles. The minimum Gasteiger partial charge on any atom is -0.393 e. The van der Waals surface area contributed by atoms with E-state index in [1.807, 2.05) is 6.08 Å². The van der Waals surface area contributed by atoms with Gasteiger partial charge in [-0.3, -0.25) is 13.8 Å². The smallest absolute Gasteiger partial charge is 0.393 e. The maximum Gasteiger partial charge on any atom is 0.472 e. The van der Waals surface area contributed by atoms with Gasteiger partial charge in [0.1, 0.15) is 0 Å². The molecule has 0 aliphatic rings. The lowest BCUT2D eigenvalue weighted by Gasteiger charge is -2.24. The summed E-state index contributed by atoms with van der Waals surface area (Å²) in [5.41, 5.74) is 5.33. The molecule has 4 unspecified atom stereocenters. The highest BCUT2D eigenvalue weighted by Crippen LogP contribution is 2.43. The van der Waals surface area contributed by atoms with E-state index in [-0.39, 0.29) is 19.6 Å². The molecular weight excluding hydrogens is 591 g/mol. The van der Waals surface area contributed by atoms with Crippen LogP contribution in [0, 0.1) is 0 Å². The summed E-state index contributed by atoms with van der Waals surface area (Å²) in [5, 5.41) is 23.8. The fourth-order valence-corrected chi connectivity index (χ4v) is 5.54. The topological polar surface area (TPSA) is 151 Å². The molecule has 0 aromatic heterocycles. The molecule has 0 spiro atoms. The summed E-state index contributed by atoms with van der Waals surface area (Å²) in [6.07, 6.45) is 30.9. The van der Waals surface area contributed by atoms with Crippen LogP contribution in [-0.4, -0.2) is 59.0 Å². The van der Waals surface area contributed by atoms with E-state index in [1.54, 1.807) is 6.08 Å². The van der Waals surface area contributed by atoms with Crippen molar-refractivity contribution in [2.24, 2.45) is 5.73 Å². The van der Waals surface area contributed by atoms with Gasteiger partial charge in [0, 0.05) is 6.54 Å². The van der Waals surface area contributed by atoms with E-state index in [4.69, 9.17) is 14.8 Å². The zero-order chi connectivity index (χ0) is 33.4. The molecular formula is C35H67N2O7P. The van der Waals surface area contributed by atoms with E-state index >= 15 is 0 Å². The van der Waals surface area contributed by atoms with Crippen molar-refractivity contribution in [1.29, 1.82) is 0 Å². The van der Waals surface area contributed by atoms with E-state index in [0.717, 1.165) is 44.9 Å². The third-order valence-electron chi connectivity index (χ3n) is 7.50. The van der Waals surface area contributed by atoms with Crippen LogP contribution >= 0.6 is 7.82 Å². The molecule has 0 saturated heterocycles. The van der Waals surface area contributed by atoms with E-state index in [2.05, 4.69) is 43.5 Å². The molecule has 264 valence electrons. The number of allylic oxidation sites excluding steroid dienone is 5. The number of carbonyl (C=O) groups excluding carboxylic acids is 1. The quantitative estimate of drug-likeness (QED) is 0.0279. The normalized spacial score (nSPS) is 15.6. The number of unbranched alkanes of at least 4 members (excludes halogenated alkanes) is 14. The minimum absolute atomic E-state index is 0.0422. The van der Waals surface area contributed by atoms with Crippen LogP contribution in [0.4, 0.5) is 0 Å². The van der Waals surface area contributed by atoms with E-state index in [9.17, 15) is 24.5 Å². The average molecular weight is 659 g/mol. The SMILES string of the molecule is CCCC/C=C/CC/C=C/CC/C=C/C(O)C(COP(=O)(O)OCCN)NC(=O)CC(O)CCCCCCCCCCCCC. The van der Waals surface area contributed by atoms with Crippen molar-refractivity contribution in [3.05, 3.63) is 36.5 Å². The Labute approximate surface area is 274 Å². The largest absolute Gasteiger partial charge is 0.472 e. The van der Waals surface area contributed by atoms with E-state index in [1.165, 1.54) is 64.2 Å². The van der Waals surface area contributed by atoms with E-state index < -0.39 is 38.6 Å². The first-order valence-corrected chi connectivity index (χ1v) is 19.2. The molecule has 0 rings (SSSR count). The highest BCUT2D eigenvalue weighted by atomic mass is 31.2. The molecule has 10 heteroatoms. The average Bonchev–Trinajstić information content (AvgIpc) is 3.01. The predicted molar refractivity (Wildman–Crippen MR) is 186 cm³/mol. The number of carbonyl (C=O) groups is 1. The number of hydrogen-bond donors (Lipinski definition) is 5. The highest BCUT2D eigenvalue weighted by Gasteiger charge is 2.27. The third-order valence-corrected chi connectivity index (χ3v) is 8.49. The maximum atomic E-state index is 12.7. The first kappa shape index (κ1) is 43.7. The van der Waals surface area contributed by atoms with Gasteiger partial charge in [0.05, 0.1) is 37.9 Å². The predicted octanol–water partition coefficient (Wildman–Crippen LogP) is 7.80. The van der Waals surface area contributed by atoms with Crippen LogP contribution in [0.25, 0.3) is 0 Å². The van der Waals surface area contributed by atoms with Gasteiger partial charge in [-0.25, -0.2) is 4.57 Å². The Hall–Kier alpha value is -1.32. The number of phosphoric ester groups is 1. The lowest BCUT2D eigenvalue weighted by atomic mass is 10.0. The Balaban J connectivity index is 4.57. The molecule has 1 amide bonds. The first-order valence-electron chi connectivity index (χ1n) is 17.7. The van der Waals surface area contributed by atoms with Crippen LogP contribution < -0.4 is 11.1 Å². The van der Waals surface area contributed by atoms with Gasteiger partial charge in [-0.15, -0.1) is 0 Å². The summed E-state index contributed by atoms with van der Waals surface area (Å²) in [7, 11) is -4.40. The van der Waals surface area contributed by atoms with Crippen molar-refractivity contribution < 1.29 is 33.5 Å². The number of phosphoric acid groups is 1. The zero-order valence-corrected chi connectivity index (χ0v) is 29.4. The third kappa shape index (κ3) is 29.8. The van der Waals surface area contributed by atoms with Gasteiger partial charge in [0.25, 0.3) is 0 Å². The second-order valence-corrected chi connectivity index (χ2v) is 13.4. The fourth-order valence-electron chi connectivity index (χ4n) is 4.78. The first-order chi connectivity index (χ1) is 21.8. The standard InChI is InChI=1S/C35H67N2O7P/c1-3-5-7-9-11-13-15-17-19-21-23-25-27-34(39)33(31-44-45(41,42)43-29-28-36)37-35(40)30-32(38)26-24-22-20-18-16-14-12-10-8-6-4-2/h9,11,17,19,25,27,32-34,38-39H,3-8,10,12-16,18,20-24,26,28-31,36H2,1-2H3,(H,37,40)(H,41,42)/b11-9+,19-17+,27-25+. The van der Waals surface area contributed by atoms with Crippen LogP contribution in [-0.2, 0) is 18.4 Å². The molecule has 0 bridgehead atoms. The fraction of sp³-hybridized carbons (Fsp3) is 0.800. The lowest BCUT2D eigenvalue weighted by molar-refractivity contribution is -0.124. The van der Waals surface area contributed by atoms with Crippen molar-refractivity contribution in [2.75, 3.05) is 19.8 Å². The number of nitrogens with one attached hydrogen (secondary N) is 1. The number of rotatable bonds is 32. The number of aliphatic hydroxyl groups excluding tert-OH is 2. The molecule has 9 nitrogen and oxygen atoms in total. The lowest BCUT2D eigenvalue weighted by Crippen LogP contribution is -2.46. The summed E-state index contributed by atoms with van der Waals surface area (Å²) >= 11 is 0. The molecule has 0 radical (unpaired) electrons.